The highest BCUT2D eigenvalue weighted by molar-refractivity contribution is 7.99. The van der Waals surface area contributed by atoms with Crippen LogP contribution in [0.3, 0.4) is 0 Å². The van der Waals surface area contributed by atoms with E-state index in [1.165, 1.54) is 11.8 Å². The highest BCUT2D eigenvalue weighted by Crippen LogP contribution is 2.40. The van der Waals surface area contributed by atoms with Crippen molar-refractivity contribution in [2.24, 2.45) is 0 Å². The summed E-state index contributed by atoms with van der Waals surface area (Å²) in [5, 5.41) is 5.32. The van der Waals surface area contributed by atoms with Crippen molar-refractivity contribution < 1.29 is 13.2 Å². The third kappa shape index (κ3) is 4.80. The van der Waals surface area contributed by atoms with Gasteiger partial charge in [0.2, 0.25) is 11.1 Å². The second-order valence-corrected chi connectivity index (χ2v) is 11.7. The normalized spacial score (nSPS) is 23.9. The summed E-state index contributed by atoms with van der Waals surface area (Å²) in [5.41, 5.74) is 1.00. The summed E-state index contributed by atoms with van der Waals surface area (Å²) in [6.07, 6.45) is 2.99. The Labute approximate surface area is 186 Å². The lowest BCUT2D eigenvalue weighted by molar-refractivity contribution is -0.130. The predicted molar refractivity (Wildman–Crippen MR) is 119 cm³/mol. The lowest BCUT2D eigenvalue weighted by Gasteiger charge is -2.37. The molecule has 10 heteroatoms. The predicted octanol–water partition coefficient (Wildman–Crippen LogP) is 1.57. The van der Waals surface area contributed by atoms with Gasteiger partial charge in [0.25, 0.3) is 0 Å². The summed E-state index contributed by atoms with van der Waals surface area (Å²) in [5.74, 6) is 2.41. The first-order valence-corrected chi connectivity index (χ1v) is 13.7. The molecule has 2 saturated heterocycles. The molecule has 0 N–H and O–H groups in total. The molecule has 3 heterocycles. The number of carbonyl (C=O) groups excluding carboxylic acids is 1. The number of sulfone groups is 1. The van der Waals surface area contributed by atoms with Crippen molar-refractivity contribution in [3.63, 3.8) is 0 Å². The molecule has 2 aromatic rings. The molecule has 1 saturated carbocycles. The van der Waals surface area contributed by atoms with E-state index in [1.807, 2.05) is 39.9 Å². The van der Waals surface area contributed by atoms with E-state index in [0.717, 1.165) is 37.4 Å². The van der Waals surface area contributed by atoms with Crippen LogP contribution in [0.1, 0.15) is 31.0 Å². The Morgan fingerprint density at radius 1 is 1.06 bits per heavy atom. The molecule has 2 aliphatic heterocycles. The van der Waals surface area contributed by atoms with E-state index >= 15 is 0 Å². The van der Waals surface area contributed by atoms with Crippen molar-refractivity contribution in [1.29, 1.82) is 0 Å². The minimum Gasteiger partial charge on any atom is -0.339 e. The van der Waals surface area contributed by atoms with Crippen molar-refractivity contribution in [3.05, 3.63) is 36.2 Å². The van der Waals surface area contributed by atoms with E-state index in [9.17, 15) is 13.2 Å². The molecule has 5 rings (SSSR count). The Morgan fingerprint density at radius 2 is 1.81 bits per heavy atom. The highest BCUT2D eigenvalue weighted by Gasteiger charge is 2.34. The molecule has 1 amide bonds. The van der Waals surface area contributed by atoms with Gasteiger partial charge in [0.05, 0.1) is 22.9 Å². The van der Waals surface area contributed by atoms with Gasteiger partial charge in [0, 0.05) is 38.1 Å². The minimum atomic E-state index is -2.88. The van der Waals surface area contributed by atoms with Gasteiger partial charge in [0.1, 0.15) is 5.82 Å². The van der Waals surface area contributed by atoms with Crippen LogP contribution < -0.4 is 0 Å². The van der Waals surface area contributed by atoms with E-state index in [0.29, 0.717) is 42.1 Å². The summed E-state index contributed by atoms with van der Waals surface area (Å²) in [4.78, 5) is 21.6. The van der Waals surface area contributed by atoms with E-state index in [2.05, 4.69) is 10.00 Å². The first kappa shape index (κ1) is 21.0. The average molecular weight is 462 g/mol. The molecule has 3 aliphatic rings. The fourth-order valence-corrected chi connectivity index (χ4v) is 6.84. The maximum absolute atomic E-state index is 12.7. The molecule has 1 unspecified atom stereocenters. The fourth-order valence-electron chi connectivity index (χ4n) is 4.35. The number of hydrogen-bond donors (Lipinski definition) is 0. The van der Waals surface area contributed by atoms with Crippen LogP contribution in [-0.2, 0) is 14.6 Å². The smallest absolute Gasteiger partial charge is 0.233 e. The monoisotopic (exact) mass is 461 g/mol. The summed E-state index contributed by atoms with van der Waals surface area (Å²) < 4.78 is 25.4. The maximum atomic E-state index is 12.7. The molecule has 1 atom stereocenters. The number of hydrogen-bond acceptors (Lipinski definition) is 7. The average Bonchev–Trinajstić information content (AvgIpc) is 3.44. The van der Waals surface area contributed by atoms with Crippen LogP contribution in [-0.4, -0.2) is 88.4 Å². The van der Waals surface area contributed by atoms with Gasteiger partial charge in [-0.2, -0.15) is 0 Å². The number of nitrogens with zero attached hydrogens (tertiary/aromatic N) is 5. The van der Waals surface area contributed by atoms with Crippen LogP contribution in [0.25, 0.3) is 5.69 Å². The molecule has 0 radical (unpaired) electrons. The zero-order chi connectivity index (χ0) is 21.4. The van der Waals surface area contributed by atoms with Crippen LogP contribution in [0.4, 0.5) is 0 Å². The Balaban J connectivity index is 1.16. The van der Waals surface area contributed by atoms with Crippen LogP contribution in [0.2, 0.25) is 0 Å². The zero-order valence-electron chi connectivity index (χ0n) is 17.4. The van der Waals surface area contributed by atoms with Gasteiger partial charge < -0.3 is 4.90 Å². The van der Waals surface area contributed by atoms with Gasteiger partial charge in [-0.1, -0.05) is 30.0 Å². The SMILES string of the molecule is O=C(CSc1nc(C2CC2)n(-c2ccccc2)n1)N1CCN(C2CCS(=O)(=O)C2)CC1. The third-order valence-electron chi connectivity index (χ3n) is 6.27. The van der Waals surface area contributed by atoms with Crippen molar-refractivity contribution in [1.82, 2.24) is 24.6 Å². The van der Waals surface area contributed by atoms with Crippen LogP contribution in [0.15, 0.2) is 35.5 Å². The summed E-state index contributed by atoms with van der Waals surface area (Å²) >= 11 is 1.40. The second-order valence-electron chi connectivity index (χ2n) is 8.54. The molecule has 1 aromatic heterocycles. The minimum absolute atomic E-state index is 0.0905. The maximum Gasteiger partial charge on any atom is 0.233 e. The number of para-hydroxylation sites is 1. The Hall–Kier alpha value is -1.91. The first-order chi connectivity index (χ1) is 15.0. The molecular weight excluding hydrogens is 434 g/mol. The first-order valence-electron chi connectivity index (χ1n) is 10.9. The highest BCUT2D eigenvalue weighted by atomic mass is 32.2. The van der Waals surface area contributed by atoms with Crippen LogP contribution in [0, 0.1) is 0 Å². The Bertz CT molecular complexity index is 1040. The largest absolute Gasteiger partial charge is 0.339 e. The summed E-state index contributed by atoms with van der Waals surface area (Å²) in [7, 11) is -2.88. The van der Waals surface area contributed by atoms with E-state index < -0.39 is 9.84 Å². The van der Waals surface area contributed by atoms with Crippen molar-refractivity contribution in [2.45, 2.75) is 36.4 Å². The number of piperazine rings is 1. The van der Waals surface area contributed by atoms with Gasteiger partial charge in [-0.25, -0.2) is 18.1 Å². The van der Waals surface area contributed by atoms with E-state index in [1.54, 1.807) is 0 Å². The molecule has 3 fully saturated rings. The molecule has 1 aliphatic carbocycles. The number of thioether (sulfide) groups is 1. The van der Waals surface area contributed by atoms with Crippen molar-refractivity contribution >= 4 is 27.5 Å². The lowest BCUT2D eigenvalue weighted by Crippen LogP contribution is -2.52. The van der Waals surface area contributed by atoms with Gasteiger partial charge in [0.15, 0.2) is 9.84 Å². The number of benzene rings is 1. The molecular formula is C21H27N5O3S2. The lowest BCUT2D eigenvalue weighted by atomic mass is 10.2. The van der Waals surface area contributed by atoms with E-state index in [-0.39, 0.29) is 17.7 Å². The number of aromatic nitrogens is 3. The number of rotatable bonds is 6. The van der Waals surface area contributed by atoms with Gasteiger partial charge in [-0.3, -0.25) is 9.69 Å². The number of amides is 1. The third-order valence-corrected chi connectivity index (χ3v) is 8.85. The van der Waals surface area contributed by atoms with Crippen LogP contribution >= 0.6 is 11.8 Å². The molecule has 0 spiro atoms. The molecule has 166 valence electrons. The zero-order valence-corrected chi connectivity index (χ0v) is 19.0. The van der Waals surface area contributed by atoms with Gasteiger partial charge >= 0.3 is 0 Å². The Morgan fingerprint density at radius 3 is 2.45 bits per heavy atom. The Kier molecular flexibility index (Phi) is 5.78. The van der Waals surface area contributed by atoms with Gasteiger partial charge in [-0.15, -0.1) is 5.10 Å². The second kappa shape index (κ2) is 8.55. The topological polar surface area (TPSA) is 88.4 Å². The van der Waals surface area contributed by atoms with E-state index in [4.69, 9.17) is 4.98 Å². The molecule has 31 heavy (non-hydrogen) atoms. The quantitative estimate of drug-likeness (QED) is 0.604. The number of carbonyl (C=O) groups is 1. The molecule has 8 nitrogen and oxygen atoms in total. The summed E-state index contributed by atoms with van der Waals surface area (Å²) in [6.45, 7) is 2.77. The van der Waals surface area contributed by atoms with Gasteiger partial charge in [-0.05, 0) is 31.4 Å². The fraction of sp³-hybridized carbons (Fsp3) is 0.571. The molecule has 1 aromatic carbocycles. The molecule has 0 bridgehead atoms. The standard InChI is InChI=1S/C21H27N5O3S2/c27-19(25-11-9-24(10-12-25)18-8-13-31(28,29)15-18)14-30-21-22-20(16-6-7-16)26(23-21)17-4-2-1-3-5-17/h1-5,16,18H,6-15H2. The van der Waals surface area contributed by atoms with Crippen molar-refractivity contribution in [3.8, 4) is 5.69 Å². The summed E-state index contributed by atoms with van der Waals surface area (Å²) in [6, 6.07) is 10.1. The van der Waals surface area contributed by atoms with Crippen LogP contribution in [0.5, 0.6) is 0 Å². The van der Waals surface area contributed by atoms with Crippen molar-refractivity contribution in [2.75, 3.05) is 43.4 Å².